The van der Waals surface area contributed by atoms with Crippen molar-refractivity contribution in [3.05, 3.63) is 59.4 Å². The number of nitrogens with one attached hydrogen (secondary N) is 1. The van der Waals surface area contributed by atoms with Gasteiger partial charge in [-0.3, -0.25) is 0 Å². The van der Waals surface area contributed by atoms with Crippen molar-refractivity contribution in [2.75, 3.05) is 11.9 Å². The summed E-state index contributed by atoms with van der Waals surface area (Å²) in [5.74, 6) is -0.000279. The van der Waals surface area contributed by atoms with Crippen LogP contribution >= 0.6 is 11.6 Å². The zero-order valence-electron chi connectivity index (χ0n) is 14.7. The second-order valence-corrected chi connectivity index (χ2v) is 8.69. The number of hydrogen-bond donors (Lipinski definition) is 1. The van der Waals surface area contributed by atoms with Gasteiger partial charge in [-0.15, -0.1) is 0 Å². The molecule has 1 heterocycles. The molecule has 0 amide bonds. The third-order valence-electron chi connectivity index (χ3n) is 3.74. The SMILES string of the molecule is CC(C)CNc1oc(-c2ccc(F)cc2)nc1S(=O)(=O)c1ccc(Cl)cc1. The first-order valence-electron chi connectivity index (χ1n) is 8.28. The smallest absolute Gasteiger partial charge is 0.233 e. The molecule has 0 saturated heterocycles. The molecule has 0 aliphatic heterocycles. The summed E-state index contributed by atoms with van der Waals surface area (Å²) >= 11 is 5.85. The van der Waals surface area contributed by atoms with E-state index in [2.05, 4.69) is 10.3 Å². The van der Waals surface area contributed by atoms with Gasteiger partial charge in [0.25, 0.3) is 0 Å². The maximum absolute atomic E-state index is 13.2. The molecule has 2 aromatic carbocycles. The first-order chi connectivity index (χ1) is 12.8. The molecule has 3 rings (SSSR count). The van der Waals surface area contributed by atoms with Gasteiger partial charge in [-0.25, -0.2) is 12.8 Å². The number of oxazole rings is 1. The highest BCUT2D eigenvalue weighted by Crippen LogP contribution is 2.32. The zero-order chi connectivity index (χ0) is 19.6. The van der Waals surface area contributed by atoms with Crippen molar-refractivity contribution < 1.29 is 17.2 Å². The first-order valence-corrected chi connectivity index (χ1v) is 10.1. The maximum atomic E-state index is 13.2. The molecule has 1 N–H and O–H groups in total. The Morgan fingerprint density at radius 3 is 2.33 bits per heavy atom. The van der Waals surface area contributed by atoms with E-state index in [1.54, 1.807) is 0 Å². The molecule has 0 saturated carbocycles. The lowest BCUT2D eigenvalue weighted by molar-refractivity contribution is 0.567. The van der Waals surface area contributed by atoms with Crippen LogP contribution in [0.1, 0.15) is 13.8 Å². The number of rotatable bonds is 6. The number of hydrogen-bond acceptors (Lipinski definition) is 5. The number of halogens is 2. The van der Waals surface area contributed by atoms with Crippen molar-refractivity contribution in [2.45, 2.75) is 23.8 Å². The quantitative estimate of drug-likeness (QED) is 0.619. The monoisotopic (exact) mass is 408 g/mol. The van der Waals surface area contributed by atoms with E-state index in [1.807, 2.05) is 13.8 Å². The standard InChI is InChI=1S/C19H18ClFN2O3S/c1-12(2)11-22-18-19(27(24,25)16-9-5-14(20)6-10-16)23-17(26-18)13-3-7-15(21)8-4-13/h3-10,12,22H,11H2,1-2H3. The minimum Gasteiger partial charge on any atom is -0.419 e. The van der Waals surface area contributed by atoms with Crippen LogP contribution < -0.4 is 5.32 Å². The fraction of sp³-hybridized carbons (Fsp3) is 0.211. The van der Waals surface area contributed by atoms with E-state index in [9.17, 15) is 12.8 Å². The molecule has 142 valence electrons. The Bertz CT molecular complexity index is 1030. The third-order valence-corrected chi connectivity index (χ3v) is 5.67. The second kappa shape index (κ2) is 7.70. The lowest BCUT2D eigenvalue weighted by Crippen LogP contribution is -2.11. The molecule has 27 heavy (non-hydrogen) atoms. The van der Waals surface area contributed by atoms with Gasteiger partial charge in [0.1, 0.15) is 5.82 Å². The Morgan fingerprint density at radius 1 is 1.11 bits per heavy atom. The van der Waals surface area contributed by atoms with Crippen LogP contribution in [0.5, 0.6) is 0 Å². The van der Waals surface area contributed by atoms with Crippen molar-refractivity contribution in [3.63, 3.8) is 0 Å². The van der Waals surface area contributed by atoms with Gasteiger partial charge in [-0.1, -0.05) is 25.4 Å². The number of sulfone groups is 1. The van der Waals surface area contributed by atoms with Gasteiger partial charge in [-0.2, -0.15) is 4.98 Å². The molecule has 8 heteroatoms. The largest absolute Gasteiger partial charge is 0.419 e. The first kappa shape index (κ1) is 19.4. The van der Waals surface area contributed by atoms with Crippen LogP contribution in [0.4, 0.5) is 10.3 Å². The summed E-state index contributed by atoms with van der Waals surface area (Å²) < 4.78 is 44.9. The molecule has 0 unspecified atom stereocenters. The molecule has 0 spiro atoms. The summed E-state index contributed by atoms with van der Waals surface area (Å²) in [6.45, 7) is 4.47. The average Bonchev–Trinajstić information content (AvgIpc) is 3.06. The fourth-order valence-corrected chi connectivity index (χ4v) is 3.74. The minimum absolute atomic E-state index is 0.0537. The van der Waals surface area contributed by atoms with Crippen LogP contribution in [0.2, 0.25) is 5.02 Å². The van der Waals surface area contributed by atoms with Crippen LogP contribution in [-0.2, 0) is 9.84 Å². The highest BCUT2D eigenvalue weighted by Gasteiger charge is 2.28. The van der Waals surface area contributed by atoms with Crippen LogP contribution in [0, 0.1) is 11.7 Å². The number of nitrogens with zero attached hydrogens (tertiary/aromatic N) is 1. The normalized spacial score (nSPS) is 11.7. The van der Waals surface area contributed by atoms with Crippen molar-refractivity contribution in [1.82, 2.24) is 4.98 Å². The van der Waals surface area contributed by atoms with Crippen LogP contribution in [-0.4, -0.2) is 19.9 Å². The van der Waals surface area contributed by atoms with E-state index in [0.29, 0.717) is 17.1 Å². The van der Waals surface area contributed by atoms with Gasteiger partial charge < -0.3 is 9.73 Å². The predicted octanol–water partition coefficient (Wildman–Crippen LogP) is 5.03. The molecule has 1 aromatic heterocycles. The van der Waals surface area contributed by atoms with Gasteiger partial charge in [0, 0.05) is 17.1 Å². The van der Waals surface area contributed by atoms with Gasteiger partial charge in [0.05, 0.1) is 4.90 Å². The Balaban J connectivity index is 2.08. The molecule has 0 aliphatic rings. The van der Waals surface area contributed by atoms with E-state index >= 15 is 0 Å². The van der Waals surface area contributed by atoms with Crippen LogP contribution in [0.15, 0.2) is 62.9 Å². The minimum atomic E-state index is -3.93. The molecule has 0 aliphatic carbocycles. The van der Waals surface area contributed by atoms with E-state index in [-0.39, 0.29) is 27.6 Å². The summed E-state index contributed by atoms with van der Waals surface area (Å²) in [5.41, 5.74) is 0.474. The molecule has 0 radical (unpaired) electrons. The Labute approximate surface area is 162 Å². The zero-order valence-corrected chi connectivity index (χ0v) is 16.3. The summed E-state index contributed by atoms with van der Waals surface area (Å²) in [7, 11) is -3.93. The van der Waals surface area contributed by atoms with Gasteiger partial charge >= 0.3 is 0 Å². The maximum Gasteiger partial charge on any atom is 0.233 e. The fourth-order valence-electron chi connectivity index (χ4n) is 2.34. The summed E-state index contributed by atoms with van der Waals surface area (Å²) in [6.07, 6.45) is 0. The summed E-state index contributed by atoms with van der Waals surface area (Å²) in [4.78, 5) is 4.24. The van der Waals surface area contributed by atoms with Crippen molar-refractivity contribution in [3.8, 4) is 11.5 Å². The number of anilines is 1. The van der Waals surface area contributed by atoms with E-state index in [1.165, 1.54) is 48.5 Å². The van der Waals surface area contributed by atoms with Crippen molar-refractivity contribution >= 4 is 27.3 Å². The van der Waals surface area contributed by atoms with Gasteiger partial charge in [-0.05, 0) is 54.4 Å². The van der Waals surface area contributed by atoms with E-state index in [4.69, 9.17) is 16.0 Å². The Morgan fingerprint density at radius 2 is 1.74 bits per heavy atom. The van der Waals surface area contributed by atoms with Crippen LogP contribution in [0.3, 0.4) is 0 Å². The molecule has 0 bridgehead atoms. The van der Waals surface area contributed by atoms with E-state index < -0.39 is 15.7 Å². The second-order valence-electron chi connectivity index (χ2n) is 6.39. The molecule has 0 fully saturated rings. The van der Waals surface area contributed by atoms with Gasteiger partial charge in [0.15, 0.2) is 0 Å². The molecule has 0 atom stereocenters. The highest BCUT2D eigenvalue weighted by atomic mass is 35.5. The summed E-state index contributed by atoms with van der Waals surface area (Å²) in [5, 5.41) is 3.21. The molecule has 3 aromatic rings. The predicted molar refractivity (Wildman–Crippen MR) is 102 cm³/mol. The number of aromatic nitrogens is 1. The summed E-state index contributed by atoms with van der Waals surface area (Å²) in [6, 6.07) is 11.3. The number of benzene rings is 2. The lowest BCUT2D eigenvalue weighted by Gasteiger charge is -2.08. The third kappa shape index (κ3) is 4.31. The lowest BCUT2D eigenvalue weighted by atomic mass is 10.2. The Hall–Kier alpha value is -2.38. The van der Waals surface area contributed by atoms with E-state index in [0.717, 1.165) is 0 Å². The molecular formula is C19H18ClFN2O3S. The Kier molecular flexibility index (Phi) is 5.53. The average molecular weight is 409 g/mol. The van der Waals surface area contributed by atoms with Gasteiger partial charge in [0.2, 0.25) is 26.6 Å². The highest BCUT2D eigenvalue weighted by molar-refractivity contribution is 7.91. The molecular weight excluding hydrogens is 391 g/mol. The topological polar surface area (TPSA) is 72.2 Å². The van der Waals surface area contributed by atoms with Crippen LogP contribution in [0.25, 0.3) is 11.5 Å². The molecule has 5 nitrogen and oxygen atoms in total. The van der Waals surface area contributed by atoms with Crippen molar-refractivity contribution in [2.24, 2.45) is 5.92 Å². The van der Waals surface area contributed by atoms with Crippen molar-refractivity contribution in [1.29, 1.82) is 0 Å².